The van der Waals surface area contributed by atoms with Gasteiger partial charge in [0.2, 0.25) is 0 Å². The van der Waals surface area contributed by atoms with E-state index in [4.69, 9.17) is 0 Å². The lowest BCUT2D eigenvalue weighted by atomic mass is 10.1. The highest BCUT2D eigenvalue weighted by Crippen LogP contribution is 2.22. The summed E-state index contributed by atoms with van der Waals surface area (Å²) < 4.78 is 13.7. The number of carbonyl (C=O) groups excluding carboxylic acids is 1. The van der Waals surface area contributed by atoms with Crippen LogP contribution in [0.5, 0.6) is 0 Å². The molecule has 0 radical (unpaired) electrons. The monoisotopic (exact) mass is 288 g/mol. The predicted molar refractivity (Wildman–Crippen MR) is 76.9 cm³/mol. The molecule has 2 aromatic carbocycles. The Labute approximate surface area is 120 Å². The largest absolute Gasteiger partial charge is 0.321 e. The van der Waals surface area contributed by atoms with Crippen molar-refractivity contribution in [1.82, 2.24) is 0 Å². The zero-order valence-electron chi connectivity index (χ0n) is 11.5. The van der Waals surface area contributed by atoms with Crippen molar-refractivity contribution in [2.24, 2.45) is 0 Å². The molecule has 0 aliphatic heterocycles. The van der Waals surface area contributed by atoms with Crippen LogP contribution in [0.2, 0.25) is 0 Å². The number of para-hydroxylation sites is 1. The molecule has 0 atom stereocenters. The number of non-ortho nitro benzene ring substituents is 1. The Bertz CT molecular complexity index is 709. The summed E-state index contributed by atoms with van der Waals surface area (Å²) in [4.78, 5) is 22.2. The zero-order chi connectivity index (χ0) is 15.6. The minimum absolute atomic E-state index is 0.331. The summed E-state index contributed by atoms with van der Waals surface area (Å²) in [6, 6.07) is 8.33. The van der Waals surface area contributed by atoms with Gasteiger partial charge in [0.15, 0.2) is 0 Å². The van der Waals surface area contributed by atoms with Crippen LogP contribution in [0.4, 0.5) is 15.8 Å². The van der Waals surface area contributed by atoms with Crippen molar-refractivity contribution in [3.63, 3.8) is 0 Å². The van der Waals surface area contributed by atoms with Gasteiger partial charge in [0, 0.05) is 17.8 Å². The maximum atomic E-state index is 13.7. The van der Waals surface area contributed by atoms with E-state index in [-0.39, 0.29) is 11.3 Å². The average molecular weight is 288 g/mol. The van der Waals surface area contributed by atoms with Crippen LogP contribution >= 0.6 is 0 Å². The number of nitro groups is 1. The molecule has 0 saturated carbocycles. The quantitative estimate of drug-likeness (QED) is 0.692. The second kappa shape index (κ2) is 5.70. The third-order valence-corrected chi connectivity index (χ3v) is 3.13. The van der Waals surface area contributed by atoms with Gasteiger partial charge in [-0.15, -0.1) is 0 Å². The maximum absolute atomic E-state index is 13.7. The summed E-state index contributed by atoms with van der Waals surface area (Å²) in [6.45, 7) is 3.62. The van der Waals surface area contributed by atoms with Crippen molar-refractivity contribution in [2.75, 3.05) is 5.32 Å². The number of benzene rings is 2. The molecule has 0 heterocycles. The molecular formula is C15H13FN2O3. The first kappa shape index (κ1) is 14.6. The number of amides is 1. The molecule has 2 rings (SSSR count). The van der Waals surface area contributed by atoms with Gasteiger partial charge in [0.1, 0.15) is 5.82 Å². The van der Waals surface area contributed by atoms with Gasteiger partial charge < -0.3 is 5.32 Å². The van der Waals surface area contributed by atoms with E-state index < -0.39 is 16.6 Å². The number of carbonyl (C=O) groups is 1. The van der Waals surface area contributed by atoms with E-state index in [2.05, 4.69) is 5.32 Å². The van der Waals surface area contributed by atoms with Gasteiger partial charge in [-0.2, -0.15) is 0 Å². The lowest BCUT2D eigenvalue weighted by molar-refractivity contribution is -0.384. The Balaban J connectivity index is 2.37. The van der Waals surface area contributed by atoms with Crippen molar-refractivity contribution in [3.05, 3.63) is 69.0 Å². The third-order valence-electron chi connectivity index (χ3n) is 3.13. The molecule has 0 bridgehead atoms. The Hall–Kier alpha value is -2.76. The van der Waals surface area contributed by atoms with E-state index in [0.29, 0.717) is 5.69 Å². The molecule has 0 fully saturated rings. The van der Waals surface area contributed by atoms with Crippen LogP contribution < -0.4 is 5.32 Å². The number of aryl methyl sites for hydroxylation is 2. The SMILES string of the molecule is Cc1cccc(C)c1NC(=O)c1cc([N+](=O)[O-])ccc1F. The number of anilines is 1. The molecule has 1 amide bonds. The van der Waals surface area contributed by atoms with Crippen LogP contribution in [0.3, 0.4) is 0 Å². The van der Waals surface area contributed by atoms with Crippen LogP contribution in [0.15, 0.2) is 36.4 Å². The van der Waals surface area contributed by atoms with Gasteiger partial charge in [0.25, 0.3) is 11.6 Å². The molecule has 0 saturated heterocycles. The number of rotatable bonds is 3. The number of hydrogen-bond acceptors (Lipinski definition) is 3. The standard InChI is InChI=1S/C15H13FN2O3/c1-9-4-3-5-10(2)14(9)17-15(19)12-8-11(18(20)21)6-7-13(12)16/h3-8H,1-2H3,(H,17,19). The second-order valence-corrected chi connectivity index (χ2v) is 4.64. The van der Waals surface area contributed by atoms with E-state index in [1.807, 2.05) is 32.0 Å². The van der Waals surface area contributed by atoms with Gasteiger partial charge in [-0.05, 0) is 31.0 Å². The van der Waals surface area contributed by atoms with Crippen molar-refractivity contribution >= 4 is 17.3 Å². The lowest BCUT2D eigenvalue weighted by Crippen LogP contribution is -2.15. The number of nitrogens with zero attached hydrogens (tertiary/aromatic N) is 1. The zero-order valence-corrected chi connectivity index (χ0v) is 11.5. The molecule has 0 unspecified atom stereocenters. The van der Waals surface area contributed by atoms with Gasteiger partial charge in [-0.3, -0.25) is 14.9 Å². The Morgan fingerprint density at radius 1 is 1.19 bits per heavy atom. The van der Waals surface area contributed by atoms with Gasteiger partial charge >= 0.3 is 0 Å². The van der Waals surface area contributed by atoms with Crippen LogP contribution in [0.25, 0.3) is 0 Å². The summed E-state index contributed by atoms with van der Waals surface area (Å²) >= 11 is 0. The number of hydrogen-bond donors (Lipinski definition) is 1. The first-order chi connectivity index (χ1) is 9.90. The first-order valence-electron chi connectivity index (χ1n) is 6.21. The van der Waals surface area contributed by atoms with Crippen molar-refractivity contribution in [2.45, 2.75) is 13.8 Å². The van der Waals surface area contributed by atoms with E-state index in [1.54, 1.807) is 0 Å². The summed E-state index contributed by atoms with van der Waals surface area (Å²) in [6.07, 6.45) is 0. The van der Waals surface area contributed by atoms with E-state index >= 15 is 0 Å². The normalized spacial score (nSPS) is 10.2. The molecule has 21 heavy (non-hydrogen) atoms. The number of nitro benzene ring substituents is 1. The number of nitrogens with one attached hydrogen (secondary N) is 1. The smallest absolute Gasteiger partial charge is 0.270 e. The van der Waals surface area contributed by atoms with Crippen molar-refractivity contribution in [1.29, 1.82) is 0 Å². The molecule has 0 spiro atoms. The van der Waals surface area contributed by atoms with E-state index in [0.717, 1.165) is 29.3 Å². The molecule has 1 N–H and O–H groups in total. The average Bonchev–Trinajstić information content (AvgIpc) is 2.43. The fraction of sp³-hybridized carbons (Fsp3) is 0.133. The predicted octanol–water partition coefficient (Wildman–Crippen LogP) is 3.60. The Morgan fingerprint density at radius 3 is 2.38 bits per heavy atom. The van der Waals surface area contributed by atoms with Crippen LogP contribution in [-0.2, 0) is 0 Å². The summed E-state index contributed by atoms with van der Waals surface area (Å²) in [5.41, 5.74) is 1.55. The van der Waals surface area contributed by atoms with Crippen LogP contribution in [0, 0.1) is 29.8 Å². The van der Waals surface area contributed by atoms with Crippen LogP contribution in [-0.4, -0.2) is 10.8 Å². The first-order valence-corrected chi connectivity index (χ1v) is 6.21. The lowest BCUT2D eigenvalue weighted by Gasteiger charge is -2.11. The van der Waals surface area contributed by atoms with Gasteiger partial charge in [-0.1, -0.05) is 18.2 Å². The molecule has 108 valence electrons. The van der Waals surface area contributed by atoms with Crippen molar-refractivity contribution < 1.29 is 14.1 Å². The molecule has 0 aliphatic carbocycles. The second-order valence-electron chi connectivity index (χ2n) is 4.64. The van der Waals surface area contributed by atoms with Crippen LogP contribution in [0.1, 0.15) is 21.5 Å². The molecule has 6 heteroatoms. The fourth-order valence-electron chi connectivity index (χ4n) is 1.99. The van der Waals surface area contributed by atoms with Gasteiger partial charge in [-0.25, -0.2) is 4.39 Å². The molecule has 0 aliphatic rings. The minimum Gasteiger partial charge on any atom is -0.321 e. The summed E-state index contributed by atoms with van der Waals surface area (Å²) in [7, 11) is 0. The highest BCUT2D eigenvalue weighted by Gasteiger charge is 2.18. The minimum atomic E-state index is -0.802. The molecule has 2 aromatic rings. The van der Waals surface area contributed by atoms with Crippen molar-refractivity contribution in [3.8, 4) is 0 Å². The highest BCUT2D eigenvalue weighted by molar-refractivity contribution is 6.05. The fourth-order valence-corrected chi connectivity index (χ4v) is 1.99. The summed E-state index contributed by atoms with van der Waals surface area (Å²) in [5, 5.41) is 13.3. The van der Waals surface area contributed by atoms with Gasteiger partial charge in [0.05, 0.1) is 10.5 Å². The van der Waals surface area contributed by atoms with E-state index in [1.165, 1.54) is 0 Å². The highest BCUT2D eigenvalue weighted by atomic mass is 19.1. The number of halogens is 1. The molecule has 5 nitrogen and oxygen atoms in total. The molecule has 0 aromatic heterocycles. The van der Waals surface area contributed by atoms with E-state index in [9.17, 15) is 19.3 Å². The maximum Gasteiger partial charge on any atom is 0.270 e. The molecular weight excluding hydrogens is 275 g/mol. The Kier molecular flexibility index (Phi) is 3.98. The summed E-state index contributed by atoms with van der Waals surface area (Å²) in [5.74, 6) is -1.52. The topological polar surface area (TPSA) is 72.2 Å². The Morgan fingerprint density at radius 2 is 1.81 bits per heavy atom. The third kappa shape index (κ3) is 3.05.